The molecule has 0 radical (unpaired) electrons. The van der Waals surface area contributed by atoms with Gasteiger partial charge in [0.15, 0.2) is 0 Å². The van der Waals surface area contributed by atoms with Crippen LogP contribution in [0.3, 0.4) is 0 Å². The van der Waals surface area contributed by atoms with E-state index in [2.05, 4.69) is 10.3 Å². The molecule has 1 amide bonds. The van der Waals surface area contributed by atoms with Crippen molar-refractivity contribution in [3.63, 3.8) is 0 Å². The molecule has 0 saturated heterocycles. The SMILES string of the molecule is O=C(CC1CCCCC1)NCCn1cnc(-c2ccccc2)cc1=O. The van der Waals surface area contributed by atoms with Crippen molar-refractivity contribution in [3.05, 3.63) is 53.1 Å². The van der Waals surface area contributed by atoms with Crippen LogP contribution in [0.25, 0.3) is 11.3 Å². The number of aromatic nitrogens is 2. The van der Waals surface area contributed by atoms with E-state index in [4.69, 9.17) is 0 Å². The van der Waals surface area contributed by atoms with Crippen LogP contribution >= 0.6 is 0 Å². The Hall–Kier alpha value is -2.43. The number of carbonyl (C=O) groups excluding carboxylic acids is 1. The van der Waals surface area contributed by atoms with Crippen LogP contribution in [0.5, 0.6) is 0 Å². The molecule has 0 aliphatic heterocycles. The van der Waals surface area contributed by atoms with Gasteiger partial charge in [-0.3, -0.25) is 14.2 Å². The molecule has 25 heavy (non-hydrogen) atoms. The van der Waals surface area contributed by atoms with Gasteiger partial charge in [-0.15, -0.1) is 0 Å². The minimum Gasteiger partial charge on any atom is -0.354 e. The van der Waals surface area contributed by atoms with Crippen LogP contribution in [0.4, 0.5) is 0 Å². The average Bonchev–Trinajstić information content (AvgIpc) is 2.64. The molecule has 3 rings (SSSR count). The highest BCUT2D eigenvalue weighted by molar-refractivity contribution is 5.76. The molecule has 1 aromatic heterocycles. The van der Waals surface area contributed by atoms with Gasteiger partial charge < -0.3 is 5.32 Å². The second-order valence-electron chi connectivity index (χ2n) is 6.73. The fourth-order valence-electron chi connectivity index (χ4n) is 3.40. The van der Waals surface area contributed by atoms with E-state index in [1.807, 2.05) is 30.3 Å². The Morgan fingerprint density at radius 2 is 1.92 bits per heavy atom. The van der Waals surface area contributed by atoms with Crippen molar-refractivity contribution in [1.29, 1.82) is 0 Å². The van der Waals surface area contributed by atoms with Crippen molar-refractivity contribution in [1.82, 2.24) is 14.9 Å². The topological polar surface area (TPSA) is 64.0 Å². The number of nitrogens with one attached hydrogen (secondary N) is 1. The van der Waals surface area contributed by atoms with Crippen molar-refractivity contribution >= 4 is 5.91 Å². The number of carbonyl (C=O) groups is 1. The van der Waals surface area contributed by atoms with Gasteiger partial charge >= 0.3 is 0 Å². The molecular formula is C20H25N3O2. The van der Waals surface area contributed by atoms with E-state index in [0.717, 1.165) is 18.4 Å². The zero-order valence-corrected chi connectivity index (χ0v) is 14.5. The summed E-state index contributed by atoms with van der Waals surface area (Å²) in [5.41, 5.74) is 1.49. The van der Waals surface area contributed by atoms with Crippen LogP contribution in [0.1, 0.15) is 38.5 Å². The summed E-state index contributed by atoms with van der Waals surface area (Å²) >= 11 is 0. The van der Waals surface area contributed by atoms with Gasteiger partial charge in [0, 0.05) is 31.1 Å². The number of benzene rings is 1. The summed E-state index contributed by atoms with van der Waals surface area (Å²) in [5, 5.41) is 2.93. The number of hydrogen-bond acceptors (Lipinski definition) is 3. The Bertz CT molecular complexity index is 749. The van der Waals surface area contributed by atoms with E-state index in [0.29, 0.717) is 31.1 Å². The predicted octanol–water partition coefficient (Wildman–Crippen LogP) is 3.00. The summed E-state index contributed by atoms with van der Waals surface area (Å²) in [6.45, 7) is 0.898. The van der Waals surface area contributed by atoms with Crippen LogP contribution < -0.4 is 10.9 Å². The van der Waals surface area contributed by atoms with Gasteiger partial charge in [-0.1, -0.05) is 49.6 Å². The maximum Gasteiger partial charge on any atom is 0.253 e. The van der Waals surface area contributed by atoms with E-state index in [1.165, 1.54) is 23.8 Å². The molecule has 5 nitrogen and oxygen atoms in total. The monoisotopic (exact) mass is 339 g/mol. The normalized spacial score (nSPS) is 15.0. The van der Waals surface area contributed by atoms with Crippen LogP contribution in [0.15, 0.2) is 47.5 Å². The molecule has 132 valence electrons. The fourth-order valence-corrected chi connectivity index (χ4v) is 3.40. The van der Waals surface area contributed by atoms with E-state index >= 15 is 0 Å². The highest BCUT2D eigenvalue weighted by Gasteiger charge is 2.16. The molecule has 5 heteroatoms. The standard InChI is InChI=1S/C20H25N3O2/c24-19(13-16-7-3-1-4-8-16)21-11-12-23-15-22-18(14-20(23)25)17-9-5-2-6-10-17/h2,5-6,9-10,14-16H,1,3-4,7-8,11-13H2,(H,21,24). The van der Waals surface area contributed by atoms with Crippen molar-refractivity contribution in [2.24, 2.45) is 5.92 Å². The fraction of sp³-hybridized carbons (Fsp3) is 0.450. The highest BCUT2D eigenvalue weighted by atomic mass is 16.1. The smallest absolute Gasteiger partial charge is 0.253 e. The Morgan fingerprint density at radius 1 is 1.16 bits per heavy atom. The van der Waals surface area contributed by atoms with Gasteiger partial charge in [0.05, 0.1) is 12.0 Å². The Kier molecular flexibility index (Phi) is 5.99. The van der Waals surface area contributed by atoms with E-state index in [9.17, 15) is 9.59 Å². The molecule has 1 saturated carbocycles. The lowest BCUT2D eigenvalue weighted by Gasteiger charge is -2.20. The first-order valence-corrected chi connectivity index (χ1v) is 9.11. The first-order valence-electron chi connectivity index (χ1n) is 9.11. The van der Waals surface area contributed by atoms with Gasteiger partial charge in [0.25, 0.3) is 5.56 Å². The lowest BCUT2D eigenvalue weighted by Crippen LogP contribution is -2.32. The summed E-state index contributed by atoms with van der Waals surface area (Å²) in [6, 6.07) is 11.2. The number of amides is 1. The second-order valence-corrected chi connectivity index (χ2v) is 6.73. The molecule has 1 N–H and O–H groups in total. The summed E-state index contributed by atoms with van der Waals surface area (Å²) in [6.07, 6.45) is 8.28. The van der Waals surface area contributed by atoms with Crippen molar-refractivity contribution < 1.29 is 4.79 Å². The van der Waals surface area contributed by atoms with E-state index < -0.39 is 0 Å². The van der Waals surface area contributed by atoms with E-state index in [-0.39, 0.29) is 11.5 Å². The third-order valence-electron chi connectivity index (χ3n) is 4.82. The van der Waals surface area contributed by atoms with Crippen LogP contribution in [0, 0.1) is 5.92 Å². The minimum absolute atomic E-state index is 0.0915. The average molecular weight is 339 g/mol. The first kappa shape index (κ1) is 17.4. The summed E-state index contributed by atoms with van der Waals surface area (Å²) in [4.78, 5) is 28.6. The maximum absolute atomic E-state index is 12.2. The molecule has 1 fully saturated rings. The third kappa shape index (κ3) is 5.02. The Morgan fingerprint density at radius 3 is 2.64 bits per heavy atom. The van der Waals surface area contributed by atoms with E-state index in [1.54, 1.807) is 12.4 Å². The van der Waals surface area contributed by atoms with Crippen molar-refractivity contribution in [2.45, 2.75) is 45.1 Å². The number of rotatable bonds is 6. The molecular weight excluding hydrogens is 314 g/mol. The largest absolute Gasteiger partial charge is 0.354 e. The predicted molar refractivity (Wildman–Crippen MR) is 98.1 cm³/mol. The summed E-state index contributed by atoms with van der Waals surface area (Å²) < 4.78 is 1.54. The van der Waals surface area contributed by atoms with Gasteiger partial charge in [0.2, 0.25) is 5.91 Å². The minimum atomic E-state index is -0.101. The lowest BCUT2D eigenvalue weighted by atomic mass is 9.87. The van der Waals surface area contributed by atoms with Crippen LogP contribution in [-0.4, -0.2) is 22.0 Å². The van der Waals surface area contributed by atoms with Gasteiger partial charge in [-0.25, -0.2) is 4.98 Å². The number of nitrogens with zero attached hydrogens (tertiary/aromatic N) is 2. The van der Waals surface area contributed by atoms with Gasteiger partial charge in [0.1, 0.15) is 0 Å². The third-order valence-corrected chi connectivity index (χ3v) is 4.82. The Balaban J connectivity index is 1.50. The molecule has 0 spiro atoms. The molecule has 1 aromatic carbocycles. The summed E-state index contributed by atoms with van der Waals surface area (Å²) in [7, 11) is 0. The molecule has 0 bridgehead atoms. The Labute approximate surface area is 148 Å². The number of hydrogen-bond donors (Lipinski definition) is 1. The van der Waals surface area contributed by atoms with Crippen LogP contribution in [-0.2, 0) is 11.3 Å². The van der Waals surface area contributed by atoms with Gasteiger partial charge in [-0.05, 0) is 18.8 Å². The first-order chi connectivity index (χ1) is 12.2. The van der Waals surface area contributed by atoms with Crippen molar-refractivity contribution in [2.75, 3.05) is 6.54 Å². The molecule has 2 aromatic rings. The van der Waals surface area contributed by atoms with Gasteiger partial charge in [-0.2, -0.15) is 0 Å². The molecule has 1 aliphatic carbocycles. The zero-order chi connectivity index (χ0) is 17.5. The quantitative estimate of drug-likeness (QED) is 0.880. The zero-order valence-electron chi connectivity index (χ0n) is 14.5. The summed E-state index contributed by atoms with van der Waals surface area (Å²) in [5.74, 6) is 0.622. The molecule has 0 atom stereocenters. The lowest BCUT2D eigenvalue weighted by molar-refractivity contribution is -0.122. The van der Waals surface area contributed by atoms with Crippen LogP contribution in [0.2, 0.25) is 0 Å². The molecule has 1 heterocycles. The van der Waals surface area contributed by atoms with Crippen molar-refractivity contribution in [3.8, 4) is 11.3 Å². The maximum atomic E-state index is 12.2. The second kappa shape index (κ2) is 8.60. The molecule has 1 aliphatic rings. The highest BCUT2D eigenvalue weighted by Crippen LogP contribution is 2.25. The molecule has 0 unspecified atom stereocenters.